The van der Waals surface area contributed by atoms with Crippen LogP contribution in [0.5, 0.6) is 5.75 Å². The Bertz CT molecular complexity index is 3190. The number of hydrogen-bond donors (Lipinski definition) is 3. The van der Waals surface area contributed by atoms with E-state index in [9.17, 15) is 32.8 Å². The third-order valence-corrected chi connectivity index (χ3v) is 23.3. The lowest BCUT2D eigenvalue weighted by molar-refractivity contribution is -0.160. The number of ether oxygens (including phenoxy) is 1. The van der Waals surface area contributed by atoms with Crippen molar-refractivity contribution in [2.45, 2.75) is 262 Å². The molecule has 4 heterocycles. The van der Waals surface area contributed by atoms with Crippen molar-refractivity contribution in [2.24, 2.45) is 23.7 Å². The Morgan fingerprint density at radius 2 is 1.26 bits per heavy atom. The summed E-state index contributed by atoms with van der Waals surface area (Å²) in [6.07, 6.45) is 11.3. The highest BCUT2D eigenvalue weighted by Gasteiger charge is 2.52. The molecule has 0 radical (unpaired) electrons. The van der Waals surface area contributed by atoms with Gasteiger partial charge in [0.25, 0.3) is 0 Å². The van der Waals surface area contributed by atoms with Crippen molar-refractivity contribution in [1.82, 2.24) is 60.0 Å². The molecule has 8 rings (SSSR count). The third kappa shape index (κ3) is 18.9. The summed E-state index contributed by atoms with van der Waals surface area (Å²) >= 11 is 0. The average Bonchev–Trinajstić information content (AvgIpc) is 1.23. The molecule has 10 atom stereocenters. The summed E-state index contributed by atoms with van der Waals surface area (Å²) in [6.45, 7) is 5.96. The van der Waals surface area contributed by atoms with Gasteiger partial charge in [0, 0.05) is 68.5 Å². The van der Waals surface area contributed by atoms with Crippen LogP contribution in [0.3, 0.4) is 0 Å². The number of likely N-dealkylation sites (tertiary alicyclic amines) is 1. The maximum absolute atomic E-state index is 15.8. The van der Waals surface area contributed by atoms with Crippen molar-refractivity contribution in [3.8, 4) is 5.75 Å². The number of alkyl halides is 2. The first-order chi connectivity index (χ1) is 48.4. The minimum Gasteiger partial charge on any atom is -0.432 e. The Morgan fingerprint density at radius 3 is 1.87 bits per heavy atom. The number of benzene rings is 1. The molecule has 3 aliphatic carbocycles. The van der Waals surface area contributed by atoms with Gasteiger partial charge < -0.3 is 64.8 Å². The van der Waals surface area contributed by atoms with Gasteiger partial charge >= 0.3 is 6.61 Å². The number of hydrogen-bond acceptors (Lipinski definition) is 13. The number of carbonyl (C=O) groups excluding carboxylic acids is 12. The van der Waals surface area contributed by atoms with Gasteiger partial charge in [0.05, 0.1) is 13.0 Å². The Kier molecular flexibility index (Phi) is 28.1. The lowest BCUT2D eigenvalue weighted by Crippen LogP contribution is -2.65. The number of likely N-dealkylation sites (N-methyl/N-ethyl adjacent to an activating group) is 6. The molecule has 7 fully saturated rings. The van der Waals surface area contributed by atoms with Crippen molar-refractivity contribution < 1.29 is 75.4 Å². The minimum absolute atomic E-state index is 0.0266. The highest BCUT2D eigenvalue weighted by atomic mass is 19.3. The summed E-state index contributed by atoms with van der Waals surface area (Å²) in [4.78, 5) is 193. The predicted molar refractivity (Wildman–Crippen MR) is 373 cm³/mol. The van der Waals surface area contributed by atoms with E-state index in [0.717, 1.165) is 68.4 Å². The fraction of sp³-hybridized carbons (Fsp3) is 0.757. The number of rotatable bonds is 13. The van der Waals surface area contributed by atoms with Gasteiger partial charge in [-0.1, -0.05) is 98.0 Å². The quantitative estimate of drug-likeness (QED) is 0.216. The fourth-order valence-corrected chi connectivity index (χ4v) is 16.5. The second kappa shape index (κ2) is 35.8. The maximum Gasteiger partial charge on any atom is 0.387 e. The molecule has 3 saturated carbocycles. The van der Waals surface area contributed by atoms with Gasteiger partial charge in [-0.15, -0.1) is 0 Å². The van der Waals surface area contributed by atoms with Crippen molar-refractivity contribution in [1.29, 1.82) is 0 Å². The van der Waals surface area contributed by atoms with Gasteiger partial charge in [-0.3, -0.25) is 57.5 Å². The van der Waals surface area contributed by atoms with Gasteiger partial charge in [0.2, 0.25) is 70.9 Å². The SMILES string of the molecule is CC[C@H](C)[C@@H]1NC(=O)[C@H](CC(C)C)N(C)C(=O)C[C@@H](C(=O)N2CCCCC2)N(C)C(=O)[C@H](C2CCCC2)N(C)C(=O)C2(CCCC2)NC(=O)[C@@H]2CCCN2C(=O)[C@H](CCc2ccc(OC(F)F)c(F)c2)NC(=O)CN(C)C(=O)[C@H](CC2CCCCC2)N(C)C(=O)C2CCN2C(=O)[C@H](C)N(C)C1=O. The first kappa shape index (κ1) is 80.1. The van der Waals surface area contributed by atoms with Crippen molar-refractivity contribution in [3.05, 3.63) is 29.6 Å². The van der Waals surface area contributed by atoms with E-state index < -0.39 is 168 Å². The molecule has 7 aliphatic rings. The highest BCUT2D eigenvalue weighted by molar-refractivity contribution is 6.01. The third-order valence-electron chi connectivity index (χ3n) is 23.3. The van der Waals surface area contributed by atoms with Crippen LogP contribution in [0.4, 0.5) is 13.2 Å². The van der Waals surface area contributed by atoms with Crippen LogP contribution < -0.4 is 20.7 Å². The Hall–Kier alpha value is -7.55. The summed E-state index contributed by atoms with van der Waals surface area (Å²) in [7, 11) is 8.77. The Balaban J connectivity index is 1.18. The summed E-state index contributed by atoms with van der Waals surface area (Å²) in [6, 6.07) is -7.51. The van der Waals surface area contributed by atoms with Gasteiger partial charge in [0.1, 0.15) is 59.9 Å². The average molecular weight is 1440 g/mol. The molecule has 12 amide bonds. The topological polar surface area (TPSA) is 279 Å². The first-order valence-electron chi connectivity index (χ1n) is 37.5. The molecule has 1 unspecified atom stereocenters. The van der Waals surface area contributed by atoms with Crippen LogP contribution in [0.1, 0.15) is 194 Å². The molecule has 28 heteroatoms. The number of aryl methyl sites for hydroxylation is 1. The molecule has 568 valence electrons. The molecule has 4 saturated heterocycles. The normalized spacial score (nSPS) is 28.3. The fourth-order valence-electron chi connectivity index (χ4n) is 16.5. The minimum atomic E-state index is -3.31. The second-order valence-corrected chi connectivity index (χ2v) is 30.6. The van der Waals surface area contributed by atoms with Crippen LogP contribution in [-0.2, 0) is 64.0 Å². The number of fused-ring (bicyclic) bond motifs is 2. The molecule has 3 N–H and O–H groups in total. The van der Waals surface area contributed by atoms with Crippen molar-refractivity contribution in [3.63, 3.8) is 0 Å². The van der Waals surface area contributed by atoms with Crippen molar-refractivity contribution in [2.75, 3.05) is 75.0 Å². The van der Waals surface area contributed by atoms with E-state index >= 15 is 38.0 Å². The number of piperidine rings is 1. The zero-order chi connectivity index (χ0) is 74.6. The molecular formula is C74H113F3N12O13. The van der Waals surface area contributed by atoms with E-state index in [2.05, 4.69) is 20.7 Å². The predicted octanol–water partition coefficient (Wildman–Crippen LogP) is 5.63. The number of amides is 12. The van der Waals surface area contributed by atoms with E-state index in [1.54, 1.807) is 11.8 Å². The first-order valence-corrected chi connectivity index (χ1v) is 37.5. The van der Waals surface area contributed by atoms with E-state index in [4.69, 9.17) is 0 Å². The zero-order valence-corrected chi connectivity index (χ0v) is 62.0. The largest absolute Gasteiger partial charge is 0.432 e. The lowest BCUT2D eigenvalue weighted by atomic mass is 9.84. The molecule has 0 bridgehead atoms. The smallest absolute Gasteiger partial charge is 0.387 e. The van der Waals surface area contributed by atoms with Crippen LogP contribution in [0, 0.1) is 29.5 Å². The van der Waals surface area contributed by atoms with Crippen LogP contribution in [0.2, 0.25) is 0 Å². The number of nitrogens with one attached hydrogen (secondary N) is 3. The van der Waals surface area contributed by atoms with Crippen molar-refractivity contribution >= 4 is 70.9 Å². The highest BCUT2D eigenvalue weighted by Crippen LogP contribution is 2.38. The van der Waals surface area contributed by atoms with E-state index in [0.29, 0.717) is 64.5 Å². The van der Waals surface area contributed by atoms with Crippen LogP contribution >= 0.6 is 0 Å². The summed E-state index contributed by atoms with van der Waals surface area (Å²) in [5.41, 5.74) is -1.31. The number of halogens is 3. The van der Waals surface area contributed by atoms with Gasteiger partial charge in [-0.2, -0.15) is 8.78 Å². The molecular weight excluding hydrogens is 1320 g/mol. The van der Waals surface area contributed by atoms with E-state index in [1.165, 1.54) is 89.6 Å². The monoisotopic (exact) mass is 1430 g/mol. The lowest BCUT2D eigenvalue weighted by Gasteiger charge is -2.45. The maximum atomic E-state index is 15.8. The molecule has 0 aromatic heterocycles. The molecule has 1 spiro atoms. The second-order valence-electron chi connectivity index (χ2n) is 30.6. The zero-order valence-electron chi connectivity index (χ0n) is 62.0. The summed E-state index contributed by atoms with van der Waals surface area (Å²) in [5.74, 6) is -10.2. The number of carbonyl (C=O) groups is 12. The van der Waals surface area contributed by atoms with Crippen LogP contribution in [0.15, 0.2) is 18.2 Å². The number of nitrogens with zero attached hydrogens (tertiary/aromatic N) is 9. The Morgan fingerprint density at radius 1 is 0.627 bits per heavy atom. The molecule has 25 nitrogen and oxygen atoms in total. The molecule has 4 aliphatic heterocycles. The van der Waals surface area contributed by atoms with Gasteiger partial charge in [-0.25, -0.2) is 4.39 Å². The summed E-state index contributed by atoms with van der Waals surface area (Å²) in [5, 5.41) is 8.83. The van der Waals surface area contributed by atoms with E-state index in [-0.39, 0.29) is 87.8 Å². The van der Waals surface area contributed by atoms with Crippen LogP contribution in [-0.4, -0.2) is 257 Å². The standard InChI is InChI=1S/C74H113F3N12O13/c1-12-46(4)61-70(99)82(7)47(5)65(94)89-39-33-54(89)68(97)84(9)56(42-48-24-15-13-16-25-48)67(96)81(6)44-59(90)78-52(31-29-49-30-32-58(51(75)41-49)102-73(76)77)66(95)88-38-23-28-53(88)64(93)80-74(34-19-20-35-74)72(101)86(11)62(50-26-17-18-27-50)71(100)85(10)57(69(98)87-36-21-14-22-37-87)43-60(91)83(8)55(40-45(2)3)63(92)79-61/h30,32,41,45-48,50,52-57,61-62,73H,12-29,31,33-40,42-44H2,1-11H3,(H,78,90)(H,79,92)(H,80,93)/t46-,47-,52-,53-,54?,55-,56-,57-,61-,62-/m0/s1. The summed E-state index contributed by atoms with van der Waals surface area (Å²) < 4.78 is 45.9. The molecule has 1 aromatic rings. The molecule has 102 heavy (non-hydrogen) atoms. The van der Waals surface area contributed by atoms with Gasteiger partial charge in [0.15, 0.2) is 11.6 Å². The van der Waals surface area contributed by atoms with Crippen LogP contribution in [0.25, 0.3) is 0 Å². The van der Waals surface area contributed by atoms with E-state index in [1.807, 2.05) is 20.8 Å². The van der Waals surface area contributed by atoms with Gasteiger partial charge in [-0.05, 0) is 138 Å². The Labute approximate surface area is 599 Å². The molecule has 1 aromatic carbocycles.